The van der Waals surface area contributed by atoms with E-state index in [0.717, 1.165) is 25.7 Å². The quantitative estimate of drug-likeness (QED) is 0.662. The third kappa shape index (κ3) is 4.24. The smallest absolute Gasteiger partial charge is 0.305 e. The van der Waals surface area contributed by atoms with Gasteiger partial charge in [0.05, 0.1) is 12.9 Å². The van der Waals surface area contributed by atoms with Crippen LogP contribution in [-0.2, 0) is 19.6 Å². The van der Waals surface area contributed by atoms with Crippen LogP contribution in [0.2, 0.25) is 0 Å². The summed E-state index contributed by atoms with van der Waals surface area (Å²) < 4.78 is 30.5. The average molecular weight is 277 g/mol. The van der Waals surface area contributed by atoms with Gasteiger partial charge in [-0.05, 0) is 19.3 Å². The first-order valence-corrected chi connectivity index (χ1v) is 8.18. The summed E-state index contributed by atoms with van der Waals surface area (Å²) in [5.74, 6) is -0.319. The van der Waals surface area contributed by atoms with E-state index in [4.69, 9.17) is 0 Å². The minimum atomic E-state index is -3.23. The zero-order valence-corrected chi connectivity index (χ0v) is 12.0. The van der Waals surface area contributed by atoms with Gasteiger partial charge in [0.25, 0.3) is 0 Å². The molecule has 0 heterocycles. The molecule has 0 amide bonds. The molecule has 1 aliphatic rings. The van der Waals surface area contributed by atoms with Crippen molar-refractivity contribution in [1.82, 2.24) is 4.31 Å². The zero-order valence-electron chi connectivity index (χ0n) is 11.2. The Labute approximate surface area is 110 Å². The van der Waals surface area contributed by atoms with Crippen molar-refractivity contribution in [1.29, 1.82) is 0 Å². The number of esters is 1. The van der Waals surface area contributed by atoms with Gasteiger partial charge < -0.3 is 4.74 Å². The van der Waals surface area contributed by atoms with Crippen LogP contribution in [0.15, 0.2) is 0 Å². The predicted molar refractivity (Wildman–Crippen MR) is 69.7 cm³/mol. The highest BCUT2D eigenvalue weighted by Crippen LogP contribution is 2.25. The maximum absolute atomic E-state index is 12.2. The molecule has 0 bridgehead atoms. The molecule has 106 valence electrons. The van der Waals surface area contributed by atoms with Crippen LogP contribution in [0.25, 0.3) is 0 Å². The summed E-state index contributed by atoms with van der Waals surface area (Å²) in [5.41, 5.74) is 0. The fourth-order valence-electron chi connectivity index (χ4n) is 2.49. The largest absolute Gasteiger partial charge is 0.469 e. The number of rotatable bonds is 7. The standard InChI is InChI=1S/C12H23NO4S/c1-3-13(11-7-4-5-8-11)18(15,16)10-6-9-12(14)17-2/h11H,3-10H2,1-2H3. The SMILES string of the molecule is CCN(C1CCCC1)S(=O)(=O)CCCC(=O)OC. The lowest BCUT2D eigenvalue weighted by Crippen LogP contribution is -2.40. The summed E-state index contributed by atoms with van der Waals surface area (Å²) in [7, 11) is -1.92. The Morgan fingerprint density at radius 2 is 1.94 bits per heavy atom. The Balaban J connectivity index is 2.51. The molecular weight excluding hydrogens is 254 g/mol. The first kappa shape index (κ1) is 15.4. The Kier molecular flexibility index (Phi) is 6.08. The van der Waals surface area contributed by atoms with Gasteiger partial charge in [-0.15, -0.1) is 0 Å². The van der Waals surface area contributed by atoms with Crippen LogP contribution in [-0.4, -0.2) is 44.1 Å². The Morgan fingerprint density at radius 1 is 1.33 bits per heavy atom. The van der Waals surface area contributed by atoms with Crippen LogP contribution in [0, 0.1) is 0 Å². The fourth-order valence-corrected chi connectivity index (χ4v) is 4.29. The summed E-state index contributed by atoms with van der Waals surface area (Å²) in [6.45, 7) is 2.39. The summed E-state index contributed by atoms with van der Waals surface area (Å²) in [6.07, 6.45) is 4.64. The molecule has 0 atom stereocenters. The lowest BCUT2D eigenvalue weighted by atomic mass is 10.2. The first-order valence-electron chi connectivity index (χ1n) is 6.57. The van der Waals surface area contributed by atoms with Crippen molar-refractivity contribution < 1.29 is 17.9 Å². The number of carbonyl (C=O) groups excluding carboxylic acids is 1. The van der Waals surface area contributed by atoms with Crippen molar-refractivity contribution in [3.05, 3.63) is 0 Å². The molecule has 1 saturated carbocycles. The van der Waals surface area contributed by atoms with Crippen molar-refractivity contribution in [2.75, 3.05) is 19.4 Å². The number of nitrogens with zero attached hydrogens (tertiary/aromatic N) is 1. The maximum atomic E-state index is 12.2. The van der Waals surface area contributed by atoms with Crippen LogP contribution in [0.1, 0.15) is 45.4 Å². The van der Waals surface area contributed by atoms with Crippen LogP contribution in [0.4, 0.5) is 0 Å². The monoisotopic (exact) mass is 277 g/mol. The third-order valence-corrected chi connectivity index (χ3v) is 5.49. The number of ether oxygens (including phenoxy) is 1. The number of hydrogen-bond donors (Lipinski definition) is 0. The van der Waals surface area contributed by atoms with E-state index < -0.39 is 10.0 Å². The molecule has 0 spiro atoms. The molecule has 0 aromatic rings. The molecule has 1 fully saturated rings. The second kappa shape index (κ2) is 7.09. The number of hydrogen-bond acceptors (Lipinski definition) is 4. The van der Waals surface area contributed by atoms with Gasteiger partial charge in [-0.3, -0.25) is 4.79 Å². The lowest BCUT2D eigenvalue weighted by molar-refractivity contribution is -0.140. The second-order valence-electron chi connectivity index (χ2n) is 4.64. The number of methoxy groups -OCH3 is 1. The van der Waals surface area contributed by atoms with Crippen molar-refractivity contribution >= 4 is 16.0 Å². The van der Waals surface area contributed by atoms with Gasteiger partial charge >= 0.3 is 5.97 Å². The molecular formula is C12H23NO4S. The van der Waals surface area contributed by atoms with Gasteiger partial charge in [0.15, 0.2) is 0 Å². The third-order valence-electron chi connectivity index (χ3n) is 3.41. The summed E-state index contributed by atoms with van der Waals surface area (Å²) in [5, 5.41) is 0. The van der Waals surface area contributed by atoms with Crippen LogP contribution in [0.5, 0.6) is 0 Å². The molecule has 0 radical (unpaired) electrons. The van der Waals surface area contributed by atoms with E-state index in [0.29, 0.717) is 13.0 Å². The first-order chi connectivity index (χ1) is 8.51. The van der Waals surface area contributed by atoms with E-state index in [9.17, 15) is 13.2 Å². The molecule has 6 heteroatoms. The van der Waals surface area contributed by atoms with Gasteiger partial charge in [-0.25, -0.2) is 8.42 Å². The summed E-state index contributed by atoms with van der Waals surface area (Å²) >= 11 is 0. The van der Waals surface area contributed by atoms with E-state index in [-0.39, 0.29) is 24.2 Å². The highest BCUT2D eigenvalue weighted by Gasteiger charge is 2.30. The molecule has 0 aromatic heterocycles. The zero-order chi connectivity index (χ0) is 13.6. The van der Waals surface area contributed by atoms with E-state index in [1.807, 2.05) is 6.92 Å². The van der Waals surface area contributed by atoms with Gasteiger partial charge in [0.2, 0.25) is 10.0 Å². The predicted octanol–water partition coefficient (Wildman–Crippen LogP) is 1.53. The highest BCUT2D eigenvalue weighted by atomic mass is 32.2. The summed E-state index contributed by atoms with van der Waals surface area (Å²) in [4.78, 5) is 11.0. The molecule has 0 N–H and O–H groups in total. The van der Waals surface area contributed by atoms with Crippen LogP contribution < -0.4 is 0 Å². The molecule has 5 nitrogen and oxygen atoms in total. The van der Waals surface area contributed by atoms with E-state index in [1.54, 1.807) is 4.31 Å². The molecule has 0 aliphatic heterocycles. The van der Waals surface area contributed by atoms with E-state index in [2.05, 4.69) is 4.74 Å². The van der Waals surface area contributed by atoms with Crippen molar-refractivity contribution in [3.63, 3.8) is 0 Å². The number of sulfonamides is 1. The minimum Gasteiger partial charge on any atom is -0.469 e. The molecule has 1 aliphatic carbocycles. The molecule has 0 saturated heterocycles. The lowest BCUT2D eigenvalue weighted by Gasteiger charge is -2.26. The van der Waals surface area contributed by atoms with Gasteiger partial charge in [-0.2, -0.15) is 4.31 Å². The van der Waals surface area contributed by atoms with Crippen molar-refractivity contribution in [2.24, 2.45) is 0 Å². The van der Waals surface area contributed by atoms with Crippen LogP contribution >= 0.6 is 0 Å². The van der Waals surface area contributed by atoms with Crippen molar-refractivity contribution in [3.8, 4) is 0 Å². The highest BCUT2D eigenvalue weighted by molar-refractivity contribution is 7.89. The van der Waals surface area contributed by atoms with Crippen LogP contribution in [0.3, 0.4) is 0 Å². The molecule has 1 rings (SSSR count). The van der Waals surface area contributed by atoms with Crippen molar-refractivity contribution in [2.45, 2.75) is 51.5 Å². The van der Waals surface area contributed by atoms with Gasteiger partial charge in [0.1, 0.15) is 0 Å². The second-order valence-corrected chi connectivity index (χ2v) is 6.68. The summed E-state index contributed by atoms with van der Waals surface area (Å²) in [6, 6.07) is 0.165. The van der Waals surface area contributed by atoms with Gasteiger partial charge in [0, 0.05) is 19.0 Å². The van der Waals surface area contributed by atoms with Gasteiger partial charge in [-0.1, -0.05) is 19.8 Å². The molecule has 18 heavy (non-hydrogen) atoms. The van der Waals surface area contributed by atoms with E-state index in [1.165, 1.54) is 7.11 Å². The minimum absolute atomic E-state index is 0.0342. The Hall–Kier alpha value is -0.620. The maximum Gasteiger partial charge on any atom is 0.305 e. The average Bonchev–Trinajstić information content (AvgIpc) is 2.82. The molecule has 0 aromatic carbocycles. The number of carbonyl (C=O) groups is 1. The Morgan fingerprint density at radius 3 is 2.44 bits per heavy atom. The molecule has 0 unspecified atom stereocenters. The fraction of sp³-hybridized carbons (Fsp3) is 0.917. The van der Waals surface area contributed by atoms with E-state index >= 15 is 0 Å². The normalized spacial score (nSPS) is 17.3. The topological polar surface area (TPSA) is 63.7 Å². The Bertz CT molecular complexity index is 360.